The average molecular weight is 331 g/mol. The van der Waals surface area contributed by atoms with Gasteiger partial charge in [0.15, 0.2) is 0 Å². The highest BCUT2D eigenvalue weighted by molar-refractivity contribution is 6.43. The lowest BCUT2D eigenvalue weighted by Gasteiger charge is -2.22. The summed E-state index contributed by atoms with van der Waals surface area (Å²) in [5.41, 5.74) is 0.454. The molecule has 1 fully saturated rings. The van der Waals surface area contributed by atoms with E-state index in [2.05, 4.69) is 5.32 Å². The predicted octanol–water partition coefficient (Wildman–Crippen LogP) is 2.73. The van der Waals surface area contributed by atoms with E-state index in [0.29, 0.717) is 28.7 Å². The number of halogens is 2. The van der Waals surface area contributed by atoms with Crippen LogP contribution < -0.4 is 5.32 Å². The third kappa shape index (κ3) is 3.67. The van der Waals surface area contributed by atoms with Crippen molar-refractivity contribution in [3.05, 3.63) is 28.2 Å². The Kier molecular flexibility index (Phi) is 5.08. The number of benzene rings is 1. The molecule has 1 amide bonds. The van der Waals surface area contributed by atoms with Gasteiger partial charge in [0.2, 0.25) is 5.91 Å². The van der Waals surface area contributed by atoms with E-state index >= 15 is 0 Å². The van der Waals surface area contributed by atoms with E-state index in [-0.39, 0.29) is 18.5 Å². The fourth-order valence-electron chi connectivity index (χ4n) is 2.53. The van der Waals surface area contributed by atoms with E-state index in [1.807, 2.05) is 11.8 Å². The quantitative estimate of drug-likeness (QED) is 0.890. The Labute approximate surface area is 132 Å². The number of hydrogen-bond donors (Lipinski definition) is 2. The molecule has 1 heterocycles. The molecule has 1 aliphatic heterocycles. The molecule has 2 N–H and O–H groups in total. The summed E-state index contributed by atoms with van der Waals surface area (Å²) in [6.45, 7) is 2.55. The lowest BCUT2D eigenvalue weighted by Crippen LogP contribution is -2.38. The van der Waals surface area contributed by atoms with Crippen LogP contribution in [0.25, 0.3) is 0 Å². The van der Waals surface area contributed by atoms with E-state index in [1.165, 1.54) is 0 Å². The van der Waals surface area contributed by atoms with Crippen molar-refractivity contribution < 1.29 is 14.7 Å². The minimum atomic E-state index is -0.816. The maximum Gasteiger partial charge on any atom is 0.308 e. The molecule has 7 heteroatoms. The molecule has 1 aliphatic rings. The third-order valence-corrected chi connectivity index (χ3v) is 4.59. The summed E-state index contributed by atoms with van der Waals surface area (Å²) in [4.78, 5) is 25.0. The minimum absolute atomic E-state index is 0.133. The second-order valence-corrected chi connectivity index (χ2v) is 5.88. The molecule has 0 spiro atoms. The van der Waals surface area contributed by atoms with Crippen molar-refractivity contribution in [2.75, 3.05) is 18.4 Å². The van der Waals surface area contributed by atoms with E-state index in [4.69, 9.17) is 28.3 Å². The summed E-state index contributed by atoms with van der Waals surface area (Å²) in [6, 6.07) is 4.84. The first-order valence-electron chi connectivity index (χ1n) is 6.61. The number of carbonyl (C=O) groups excluding carboxylic acids is 1. The summed E-state index contributed by atoms with van der Waals surface area (Å²) >= 11 is 11.9. The second kappa shape index (κ2) is 6.64. The molecule has 0 aliphatic carbocycles. The van der Waals surface area contributed by atoms with Crippen LogP contribution in [0.1, 0.15) is 13.3 Å². The van der Waals surface area contributed by atoms with Gasteiger partial charge in [-0.3, -0.25) is 14.5 Å². The van der Waals surface area contributed by atoms with Crippen molar-refractivity contribution in [3.8, 4) is 0 Å². The molecule has 2 rings (SSSR count). The van der Waals surface area contributed by atoms with Gasteiger partial charge in [0.25, 0.3) is 0 Å². The molecular weight excluding hydrogens is 315 g/mol. The summed E-state index contributed by atoms with van der Waals surface area (Å²) in [6.07, 6.45) is 0.557. The fourth-order valence-corrected chi connectivity index (χ4v) is 2.88. The van der Waals surface area contributed by atoms with Gasteiger partial charge in [-0.15, -0.1) is 0 Å². The van der Waals surface area contributed by atoms with Crippen molar-refractivity contribution in [2.45, 2.75) is 19.4 Å². The number of anilines is 1. The van der Waals surface area contributed by atoms with Crippen LogP contribution in [0.3, 0.4) is 0 Å². The number of likely N-dealkylation sites (tertiary alicyclic amines) is 1. The molecule has 0 saturated carbocycles. The first kappa shape index (κ1) is 16.1. The summed E-state index contributed by atoms with van der Waals surface area (Å²) in [7, 11) is 0. The first-order chi connectivity index (χ1) is 9.90. The largest absolute Gasteiger partial charge is 0.481 e. The lowest BCUT2D eigenvalue weighted by molar-refractivity contribution is -0.142. The maximum absolute atomic E-state index is 12.1. The molecule has 0 bridgehead atoms. The molecule has 1 saturated heterocycles. The standard InChI is InChI=1S/C14H16Cl2N2O3/c1-8-9(14(20)21)5-6-18(8)7-12(19)17-11-4-2-3-10(15)13(11)16/h2-4,8-9H,5-7H2,1H3,(H,17,19)(H,20,21). The van der Waals surface area contributed by atoms with Gasteiger partial charge < -0.3 is 10.4 Å². The van der Waals surface area contributed by atoms with E-state index in [1.54, 1.807) is 18.2 Å². The first-order valence-corrected chi connectivity index (χ1v) is 7.36. The second-order valence-electron chi connectivity index (χ2n) is 5.09. The van der Waals surface area contributed by atoms with Gasteiger partial charge in [0.05, 0.1) is 28.2 Å². The minimum Gasteiger partial charge on any atom is -0.481 e. The van der Waals surface area contributed by atoms with E-state index in [9.17, 15) is 9.59 Å². The maximum atomic E-state index is 12.1. The highest BCUT2D eigenvalue weighted by Gasteiger charge is 2.36. The van der Waals surface area contributed by atoms with Crippen molar-refractivity contribution in [2.24, 2.45) is 5.92 Å². The third-order valence-electron chi connectivity index (χ3n) is 3.78. The van der Waals surface area contributed by atoms with E-state index in [0.717, 1.165) is 0 Å². The van der Waals surface area contributed by atoms with Crippen LogP contribution in [0.4, 0.5) is 5.69 Å². The topological polar surface area (TPSA) is 69.6 Å². The van der Waals surface area contributed by atoms with Crippen molar-refractivity contribution in [3.63, 3.8) is 0 Å². The van der Waals surface area contributed by atoms with Gasteiger partial charge in [0, 0.05) is 6.04 Å². The van der Waals surface area contributed by atoms with Gasteiger partial charge >= 0.3 is 5.97 Å². The van der Waals surface area contributed by atoms with Crippen LogP contribution >= 0.6 is 23.2 Å². The Balaban J connectivity index is 1.97. The van der Waals surface area contributed by atoms with Gasteiger partial charge in [-0.1, -0.05) is 29.3 Å². The van der Waals surface area contributed by atoms with Crippen LogP contribution in [0.15, 0.2) is 18.2 Å². The Morgan fingerprint density at radius 2 is 2.14 bits per heavy atom. The monoisotopic (exact) mass is 330 g/mol. The molecule has 21 heavy (non-hydrogen) atoms. The van der Waals surface area contributed by atoms with Gasteiger partial charge in [0.1, 0.15) is 0 Å². The fraction of sp³-hybridized carbons (Fsp3) is 0.429. The highest BCUT2D eigenvalue weighted by Crippen LogP contribution is 2.30. The number of carbonyl (C=O) groups is 2. The SMILES string of the molecule is CC1C(C(=O)O)CCN1CC(=O)Nc1cccc(Cl)c1Cl. The van der Waals surface area contributed by atoms with Crippen LogP contribution in [0, 0.1) is 5.92 Å². The Morgan fingerprint density at radius 1 is 1.43 bits per heavy atom. The number of nitrogens with zero attached hydrogens (tertiary/aromatic N) is 1. The van der Waals surface area contributed by atoms with Crippen LogP contribution in [-0.2, 0) is 9.59 Å². The zero-order valence-electron chi connectivity index (χ0n) is 11.5. The molecule has 1 aromatic carbocycles. The Morgan fingerprint density at radius 3 is 2.76 bits per heavy atom. The van der Waals surface area contributed by atoms with Crippen molar-refractivity contribution in [1.82, 2.24) is 4.90 Å². The molecule has 1 aromatic rings. The number of carboxylic acids is 1. The van der Waals surface area contributed by atoms with E-state index < -0.39 is 11.9 Å². The molecule has 114 valence electrons. The molecule has 0 radical (unpaired) electrons. The van der Waals surface area contributed by atoms with Crippen LogP contribution in [0.2, 0.25) is 10.0 Å². The molecule has 0 aromatic heterocycles. The predicted molar refractivity (Wildman–Crippen MR) is 81.9 cm³/mol. The lowest BCUT2D eigenvalue weighted by atomic mass is 10.0. The zero-order chi connectivity index (χ0) is 15.6. The molecule has 2 atom stereocenters. The Hall–Kier alpha value is -1.30. The molecular formula is C14H16Cl2N2O3. The zero-order valence-corrected chi connectivity index (χ0v) is 13.0. The Bertz CT molecular complexity index is 565. The van der Waals surface area contributed by atoms with Gasteiger partial charge in [-0.25, -0.2) is 0 Å². The number of hydrogen-bond acceptors (Lipinski definition) is 3. The molecule has 5 nitrogen and oxygen atoms in total. The summed E-state index contributed by atoms with van der Waals surface area (Å²) in [5.74, 6) is -1.48. The number of rotatable bonds is 4. The number of amides is 1. The van der Waals surface area contributed by atoms with Crippen LogP contribution in [0.5, 0.6) is 0 Å². The summed E-state index contributed by atoms with van der Waals surface area (Å²) in [5, 5.41) is 12.4. The number of nitrogens with one attached hydrogen (secondary N) is 1. The molecule has 2 unspecified atom stereocenters. The van der Waals surface area contributed by atoms with Crippen molar-refractivity contribution >= 4 is 40.8 Å². The van der Waals surface area contributed by atoms with Gasteiger partial charge in [-0.05, 0) is 32.0 Å². The van der Waals surface area contributed by atoms with Crippen LogP contribution in [-0.4, -0.2) is 41.0 Å². The average Bonchev–Trinajstić information content (AvgIpc) is 2.77. The normalized spacial score (nSPS) is 22.2. The summed E-state index contributed by atoms with van der Waals surface area (Å²) < 4.78 is 0. The van der Waals surface area contributed by atoms with Crippen molar-refractivity contribution in [1.29, 1.82) is 0 Å². The number of carboxylic acid groups (broad SMARTS) is 1. The number of aliphatic carboxylic acids is 1. The van der Waals surface area contributed by atoms with Gasteiger partial charge in [-0.2, -0.15) is 0 Å². The highest BCUT2D eigenvalue weighted by atomic mass is 35.5. The smallest absolute Gasteiger partial charge is 0.308 e.